The third-order valence-electron chi connectivity index (χ3n) is 4.52. The quantitative estimate of drug-likeness (QED) is 0.721. The number of hydrogen-bond acceptors (Lipinski definition) is 1. The van der Waals surface area contributed by atoms with Crippen molar-refractivity contribution in [3.63, 3.8) is 0 Å². The standard InChI is InChI=1S/C20H20F2N2O/c1-20(2,16-5-3-4-6-17(16)22)19(25)23-10-9-13-12-24-18-11-14(21)7-8-15(13)18/h3-8,11-12,24H,9-10H2,1-2H3,(H,23,25). The number of carbonyl (C=O) groups is 1. The summed E-state index contributed by atoms with van der Waals surface area (Å²) in [6, 6.07) is 10.9. The van der Waals surface area contributed by atoms with Gasteiger partial charge in [-0.3, -0.25) is 4.79 Å². The minimum Gasteiger partial charge on any atom is -0.361 e. The van der Waals surface area contributed by atoms with E-state index in [4.69, 9.17) is 0 Å². The highest BCUT2D eigenvalue weighted by molar-refractivity contribution is 5.87. The van der Waals surface area contributed by atoms with E-state index >= 15 is 0 Å². The Kier molecular flexibility index (Phi) is 4.57. The zero-order chi connectivity index (χ0) is 18.0. The topological polar surface area (TPSA) is 44.9 Å². The summed E-state index contributed by atoms with van der Waals surface area (Å²) < 4.78 is 27.2. The van der Waals surface area contributed by atoms with Crippen molar-refractivity contribution < 1.29 is 13.6 Å². The molecule has 25 heavy (non-hydrogen) atoms. The number of nitrogens with one attached hydrogen (secondary N) is 2. The van der Waals surface area contributed by atoms with Gasteiger partial charge in [-0.2, -0.15) is 0 Å². The van der Waals surface area contributed by atoms with Crippen molar-refractivity contribution in [1.29, 1.82) is 0 Å². The summed E-state index contributed by atoms with van der Waals surface area (Å²) >= 11 is 0. The van der Waals surface area contributed by atoms with Gasteiger partial charge in [-0.1, -0.05) is 18.2 Å². The summed E-state index contributed by atoms with van der Waals surface area (Å²) in [6.07, 6.45) is 2.42. The van der Waals surface area contributed by atoms with Gasteiger partial charge in [0.2, 0.25) is 5.91 Å². The molecule has 2 N–H and O–H groups in total. The summed E-state index contributed by atoms with van der Waals surface area (Å²) in [5.74, 6) is -0.911. The van der Waals surface area contributed by atoms with Crippen molar-refractivity contribution in [3.05, 3.63) is 71.4 Å². The number of carbonyl (C=O) groups excluding carboxylic acids is 1. The van der Waals surface area contributed by atoms with Crippen LogP contribution in [0.4, 0.5) is 8.78 Å². The molecule has 2 aromatic carbocycles. The van der Waals surface area contributed by atoms with Crippen LogP contribution in [0.25, 0.3) is 10.9 Å². The van der Waals surface area contributed by atoms with Gasteiger partial charge in [0, 0.05) is 29.2 Å². The molecule has 3 aromatic rings. The lowest BCUT2D eigenvalue weighted by Crippen LogP contribution is -2.41. The molecule has 0 unspecified atom stereocenters. The van der Waals surface area contributed by atoms with Crippen LogP contribution in [0.15, 0.2) is 48.7 Å². The normalized spacial score (nSPS) is 11.7. The summed E-state index contributed by atoms with van der Waals surface area (Å²) in [5.41, 5.74) is 1.14. The van der Waals surface area contributed by atoms with Crippen LogP contribution in [0.5, 0.6) is 0 Å². The van der Waals surface area contributed by atoms with E-state index in [2.05, 4.69) is 10.3 Å². The molecule has 5 heteroatoms. The molecule has 0 aliphatic heterocycles. The molecule has 1 aromatic heterocycles. The Bertz CT molecular complexity index is 915. The van der Waals surface area contributed by atoms with Gasteiger partial charge >= 0.3 is 0 Å². The van der Waals surface area contributed by atoms with Crippen LogP contribution < -0.4 is 5.32 Å². The van der Waals surface area contributed by atoms with E-state index in [0.29, 0.717) is 18.5 Å². The SMILES string of the molecule is CC(C)(C(=O)NCCc1c[nH]c2cc(F)ccc12)c1ccccc1F. The fraction of sp³-hybridized carbons (Fsp3) is 0.250. The van der Waals surface area contributed by atoms with Crippen LogP contribution in [0.1, 0.15) is 25.0 Å². The van der Waals surface area contributed by atoms with Gasteiger partial charge in [-0.15, -0.1) is 0 Å². The Morgan fingerprint density at radius 3 is 2.68 bits per heavy atom. The molecule has 0 atom stereocenters. The first-order valence-electron chi connectivity index (χ1n) is 8.18. The van der Waals surface area contributed by atoms with Crippen molar-refractivity contribution in [2.45, 2.75) is 25.7 Å². The molecule has 3 nitrogen and oxygen atoms in total. The zero-order valence-corrected chi connectivity index (χ0v) is 14.2. The van der Waals surface area contributed by atoms with Gasteiger partial charge in [-0.25, -0.2) is 8.78 Å². The second-order valence-corrected chi connectivity index (χ2v) is 6.61. The van der Waals surface area contributed by atoms with Gasteiger partial charge in [0.25, 0.3) is 0 Å². The average molecular weight is 342 g/mol. The molecule has 0 bridgehead atoms. The highest BCUT2D eigenvalue weighted by Crippen LogP contribution is 2.26. The Morgan fingerprint density at radius 2 is 1.92 bits per heavy atom. The number of rotatable bonds is 5. The number of fused-ring (bicyclic) bond motifs is 1. The van der Waals surface area contributed by atoms with E-state index in [1.54, 1.807) is 38.1 Å². The number of benzene rings is 2. The molecule has 0 saturated carbocycles. The van der Waals surface area contributed by atoms with Gasteiger partial charge in [-0.05, 0) is 50.1 Å². The minimum atomic E-state index is -0.964. The van der Waals surface area contributed by atoms with Crippen LogP contribution >= 0.6 is 0 Å². The van der Waals surface area contributed by atoms with Crippen LogP contribution in [-0.4, -0.2) is 17.4 Å². The van der Waals surface area contributed by atoms with Crippen LogP contribution in [-0.2, 0) is 16.6 Å². The molecule has 0 spiro atoms. The number of aromatic nitrogens is 1. The summed E-state index contributed by atoms with van der Waals surface area (Å²) in [7, 11) is 0. The second kappa shape index (κ2) is 6.67. The number of hydrogen-bond donors (Lipinski definition) is 2. The minimum absolute atomic E-state index is 0.233. The molecule has 0 fully saturated rings. The van der Waals surface area contributed by atoms with Gasteiger partial charge in [0.05, 0.1) is 5.41 Å². The molecular weight excluding hydrogens is 322 g/mol. The molecule has 3 rings (SSSR count). The highest BCUT2D eigenvalue weighted by atomic mass is 19.1. The van der Waals surface area contributed by atoms with E-state index in [-0.39, 0.29) is 17.5 Å². The maximum Gasteiger partial charge on any atom is 0.230 e. The third kappa shape index (κ3) is 3.40. The van der Waals surface area contributed by atoms with E-state index in [1.807, 2.05) is 6.20 Å². The molecule has 1 amide bonds. The average Bonchev–Trinajstić information content (AvgIpc) is 2.97. The Labute approximate surface area is 145 Å². The van der Waals surface area contributed by atoms with Crippen molar-refractivity contribution in [1.82, 2.24) is 10.3 Å². The fourth-order valence-corrected chi connectivity index (χ4v) is 2.99. The number of amides is 1. The van der Waals surface area contributed by atoms with Gasteiger partial charge in [0.15, 0.2) is 0 Å². The first-order valence-corrected chi connectivity index (χ1v) is 8.18. The van der Waals surface area contributed by atoms with Crippen LogP contribution in [0, 0.1) is 11.6 Å². The molecule has 0 aliphatic rings. The largest absolute Gasteiger partial charge is 0.361 e. The molecule has 0 aliphatic carbocycles. The zero-order valence-electron chi connectivity index (χ0n) is 14.2. The van der Waals surface area contributed by atoms with E-state index in [9.17, 15) is 13.6 Å². The summed E-state index contributed by atoms with van der Waals surface area (Å²) in [4.78, 5) is 15.5. The Balaban J connectivity index is 1.67. The molecule has 0 saturated heterocycles. The van der Waals surface area contributed by atoms with Crippen LogP contribution in [0.2, 0.25) is 0 Å². The lowest BCUT2D eigenvalue weighted by atomic mass is 9.83. The third-order valence-corrected chi connectivity index (χ3v) is 4.52. The molecule has 1 heterocycles. The van der Waals surface area contributed by atoms with Crippen molar-refractivity contribution in [2.24, 2.45) is 0 Å². The van der Waals surface area contributed by atoms with E-state index < -0.39 is 5.41 Å². The predicted molar refractivity (Wildman–Crippen MR) is 94.4 cm³/mol. The predicted octanol–water partition coefficient (Wildman–Crippen LogP) is 4.08. The lowest BCUT2D eigenvalue weighted by molar-refractivity contribution is -0.125. The highest BCUT2D eigenvalue weighted by Gasteiger charge is 2.31. The lowest BCUT2D eigenvalue weighted by Gasteiger charge is -2.24. The fourth-order valence-electron chi connectivity index (χ4n) is 2.99. The smallest absolute Gasteiger partial charge is 0.230 e. The van der Waals surface area contributed by atoms with E-state index in [1.165, 1.54) is 18.2 Å². The van der Waals surface area contributed by atoms with Gasteiger partial charge < -0.3 is 10.3 Å². The first kappa shape index (κ1) is 17.1. The molecular formula is C20H20F2N2O. The number of halogens is 2. The monoisotopic (exact) mass is 342 g/mol. The summed E-state index contributed by atoms with van der Waals surface area (Å²) in [6.45, 7) is 3.82. The maximum atomic E-state index is 14.0. The maximum absolute atomic E-state index is 14.0. The van der Waals surface area contributed by atoms with E-state index in [0.717, 1.165) is 16.5 Å². The molecule has 0 radical (unpaired) electrons. The second-order valence-electron chi connectivity index (χ2n) is 6.61. The molecule has 130 valence electrons. The Morgan fingerprint density at radius 1 is 1.16 bits per heavy atom. The number of H-pyrrole nitrogens is 1. The van der Waals surface area contributed by atoms with Crippen molar-refractivity contribution in [3.8, 4) is 0 Å². The van der Waals surface area contributed by atoms with Crippen molar-refractivity contribution in [2.75, 3.05) is 6.54 Å². The first-order chi connectivity index (χ1) is 11.9. The van der Waals surface area contributed by atoms with Crippen LogP contribution in [0.3, 0.4) is 0 Å². The Hall–Kier alpha value is -2.69. The summed E-state index contributed by atoms with van der Waals surface area (Å²) in [5, 5.41) is 3.80. The number of aromatic amines is 1. The van der Waals surface area contributed by atoms with Crippen molar-refractivity contribution >= 4 is 16.8 Å². The van der Waals surface area contributed by atoms with Gasteiger partial charge in [0.1, 0.15) is 11.6 Å².